The average Bonchev–Trinajstić information content (AvgIpc) is 2.98. The van der Waals surface area contributed by atoms with Crippen LogP contribution in [0.1, 0.15) is 30.1 Å². The van der Waals surface area contributed by atoms with Gasteiger partial charge in [0, 0.05) is 18.7 Å². The van der Waals surface area contributed by atoms with Gasteiger partial charge < -0.3 is 10.4 Å². The molecule has 2 N–H and O–H groups in total. The van der Waals surface area contributed by atoms with Crippen LogP contribution in [0.25, 0.3) is 0 Å². The molecule has 1 aromatic rings. The van der Waals surface area contributed by atoms with Crippen molar-refractivity contribution in [2.75, 3.05) is 25.0 Å². The molecule has 2 rings (SSSR count). The highest BCUT2D eigenvalue weighted by Crippen LogP contribution is 2.20. The Morgan fingerprint density at radius 1 is 1.57 bits per heavy atom. The minimum absolute atomic E-state index is 0.303. The van der Waals surface area contributed by atoms with E-state index >= 15 is 0 Å². The molecule has 21 heavy (non-hydrogen) atoms. The van der Waals surface area contributed by atoms with Gasteiger partial charge in [0.05, 0.1) is 4.92 Å². The number of rotatable bonds is 6. The van der Waals surface area contributed by atoms with Crippen LogP contribution >= 0.6 is 0 Å². The van der Waals surface area contributed by atoms with Crippen molar-refractivity contribution in [1.82, 2.24) is 9.88 Å². The fraction of sp³-hybridized carbons (Fsp3) is 0.538. The predicted molar refractivity (Wildman–Crippen MR) is 76.6 cm³/mol. The number of nitrogens with one attached hydrogen (secondary N) is 1. The number of pyridine rings is 1. The van der Waals surface area contributed by atoms with Gasteiger partial charge in [-0.05, 0) is 32.9 Å². The molecule has 0 amide bonds. The molecule has 8 heteroatoms. The van der Waals surface area contributed by atoms with Crippen LogP contribution in [0.5, 0.6) is 0 Å². The summed E-state index contributed by atoms with van der Waals surface area (Å²) in [6, 6.07) is 1.51. The molecular formula is C13H18N4O4. The smallest absolute Gasteiger partial charge is 0.342 e. The Morgan fingerprint density at radius 2 is 2.24 bits per heavy atom. The topological polar surface area (TPSA) is 109 Å². The molecule has 0 aromatic carbocycles. The summed E-state index contributed by atoms with van der Waals surface area (Å²) in [5.41, 5.74) is -0.855. The number of aromatic nitrogens is 1. The van der Waals surface area contributed by atoms with Crippen LogP contribution in [0, 0.1) is 10.1 Å². The lowest BCUT2D eigenvalue weighted by molar-refractivity contribution is -0.385. The molecule has 1 fully saturated rings. The maximum absolute atomic E-state index is 11.1. The van der Waals surface area contributed by atoms with Crippen LogP contribution in [0.4, 0.5) is 11.5 Å². The third-order valence-electron chi connectivity index (χ3n) is 3.65. The molecule has 1 atom stereocenters. The van der Waals surface area contributed by atoms with E-state index < -0.39 is 16.6 Å². The van der Waals surface area contributed by atoms with Crippen LogP contribution in [0.3, 0.4) is 0 Å². The molecule has 8 nitrogen and oxygen atoms in total. The van der Waals surface area contributed by atoms with Crippen molar-refractivity contribution >= 4 is 17.5 Å². The van der Waals surface area contributed by atoms with Crippen molar-refractivity contribution in [2.24, 2.45) is 0 Å². The summed E-state index contributed by atoms with van der Waals surface area (Å²) in [5, 5.41) is 22.8. The Bertz CT molecular complexity index is 543. The van der Waals surface area contributed by atoms with Gasteiger partial charge in [-0.15, -0.1) is 0 Å². The normalized spacial score (nSPS) is 16.6. The minimum atomic E-state index is -1.33. The number of hydrogen-bond donors (Lipinski definition) is 2. The Balaban J connectivity index is 2.05. The van der Waals surface area contributed by atoms with Gasteiger partial charge in [-0.1, -0.05) is 0 Å². The van der Waals surface area contributed by atoms with Gasteiger partial charge in [-0.3, -0.25) is 15.0 Å². The number of nitro groups is 1. The largest absolute Gasteiger partial charge is 0.477 e. The molecule has 1 aliphatic heterocycles. The second kappa shape index (κ2) is 6.49. The number of hydrogen-bond acceptors (Lipinski definition) is 6. The first kappa shape index (κ1) is 15.2. The van der Waals surface area contributed by atoms with Crippen molar-refractivity contribution < 1.29 is 14.8 Å². The van der Waals surface area contributed by atoms with E-state index in [1.54, 1.807) is 0 Å². The number of carbonyl (C=O) groups is 1. The average molecular weight is 294 g/mol. The molecule has 0 bridgehead atoms. The van der Waals surface area contributed by atoms with E-state index in [-0.39, 0.29) is 5.56 Å². The SMILES string of the molecule is CC(CNc1cc(C(=O)O)c([N+](=O)[O-])cn1)N1CCCC1. The van der Waals surface area contributed by atoms with Crippen LogP contribution in [0.15, 0.2) is 12.3 Å². The first-order valence-electron chi connectivity index (χ1n) is 6.84. The van der Waals surface area contributed by atoms with Gasteiger partial charge in [0.1, 0.15) is 17.6 Å². The summed E-state index contributed by atoms with van der Waals surface area (Å²) in [5.74, 6) is -0.996. The van der Waals surface area contributed by atoms with Crippen molar-refractivity contribution in [3.05, 3.63) is 27.9 Å². The Labute approximate surface area is 121 Å². The third kappa shape index (κ3) is 3.66. The molecule has 1 unspecified atom stereocenters. The van der Waals surface area contributed by atoms with Gasteiger partial charge in [-0.2, -0.15) is 0 Å². The zero-order chi connectivity index (χ0) is 15.4. The lowest BCUT2D eigenvalue weighted by Crippen LogP contribution is -2.35. The Morgan fingerprint density at radius 3 is 2.81 bits per heavy atom. The fourth-order valence-electron chi connectivity index (χ4n) is 2.43. The van der Waals surface area contributed by atoms with Gasteiger partial charge in [-0.25, -0.2) is 9.78 Å². The summed E-state index contributed by atoms with van der Waals surface area (Å²) in [6.45, 7) is 4.83. The Hall–Kier alpha value is -2.22. The number of nitrogens with zero attached hydrogens (tertiary/aromatic N) is 3. The van der Waals surface area contributed by atoms with Crippen molar-refractivity contribution in [3.63, 3.8) is 0 Å². The number of anilines is 1. The summed E-state index contributed by atoms with van der Waals surface area (Å²) < 4.78 is 0. The highest BCUT2D eigenvalue weighted by atomic mass is 16.6. The molecule has 1 saturated heterocycles. The van der Waals surface area contributed by atoms with Crippen LogP contribution in [-0.2, 0) is 0 Å². The third-order valence-corrected chi connectivity index (χ3v) is 3.65. The van der Waals surface area contributed by atoms with Crippen LogP contribution < -0.4 is 5.32 Å². The number of likely N-dealkylation sites (tertiary alicyclic amines) is 1. The number of carboxylic acids is 1. The second-order valence-corrected chi connectivity index (χ2v) is 5.12. The van der Waals surface area contributed by atoms with Crippen LogP contribution in [-0.4, -0.2) is 51.6 Å². The summed E-state index contributed by atoms with van der Waals surface area (Å²) in [6.07, 6.45) is 3.37. The summed E-state index contributed by atoms with van der Waals surface area (Å²) in [7, 11) is 0. The summed E-state index contributed by atoms with van der Waals surface area (Å²) in [4.78, 5) is 27.3. The zero-order valence-electron chi connectivity index (χ0n) is 11.8. The quantitative estimate of drug-likeness (QED) is 0.605. The lowest BCUT2D eigenvalue weighted by atomic mass is 10.2. The first-order chi connectivity index (χ1) is 9.99. The highest BCUT2D eigenvalue weighted by molar-refractivity contribution is 5.93. The van der Waals surface area contributed by atoms with E-state index in [0.29, 0.717) is 18.4 Å². The minimum Gasteiger partial charge on any atom is -0.477 e. The Kier molecular flexibility index (Phi) is 4.69. The molecule has 0 saturated carbocycles. The van der Waals surface area contributed by atoms with Crippen LogP contribution in [0.2, 0.25) is 0 Å². The monoisotopic (exact) mass is 294 g/mol. The van der Waals surface area contributed by atoms with Gasteiger partial charge >= 0.3 is 11.7 Å². The van der Waals surface area contributed by atoms with E-state index in [9.17, 15) is 14.9 Å². The van der Waals surface area contributed by atoms with E-state index in [2.05, 4.69) is 22.1 Å². The fourth-order valence-corrected chi connectivity index (χ4v) is 2.43. The first-order valence-corrected chi connectivity index (χ1v) is 6.84. The lowest BCUT2D eigenvalue weighted by Gasteiger charge is -2.24. The molecule has 1 aliphatic rings. The maximum atomic E-state index is 11.1. The molecule has 0 spiro atoms. The number of aromatic carboxylic acids is 1. The molecule has 2 heterocycles. The van der Waals surface area contributed by atoms with Gasteiger partial charge in [0.15, 0.2) is 0 Å². The molecule has 0 radical (unpaired) electrons. The zero-order valence-corrected chi connectivity index (χ0v) is 11.8. The highest BCUT2D eigenvalue weighted by Gasteiger charge is 2.22. The molecule has 114 valence electrons. The van der Waals surface area contributed by atoms with Gasteiger partial charge in [0.2, 0.25) is 0 Å². The number of carboxylic acid groups (broad SMARTS) is 1. The molecular weight excluding hydrogens is 276 g/mol. The van der Waals surface area contributed by atoms with Crippen molar-refractivity contribution in [1.29, 1.82) is 0 Å². The predicted octanol–water partition coefficient (Wildman–Crippen LogP) is 1.58. The van der Waals surface area contributed by atoms with Gasteiger partial charge in [0.25, 0.3) is 0 Å². The van der Waals surface area contributed by atoms with E-state index in [1.165, 1.54) is 18.9 Å². The van der Waals surface area contributed by atoms with E-state index in [1.807, 2.05) is 0 Å². The molecule has 1 aromatic heterocycles. The van der Waals surface area contributed by atoms with Crippen molar-refractivity contribution in [2.45, 2.75) is 25.8 Å². The molecule has 0 aliphatic carbocycles. The standard InChI is InChI=1S/C13H18N4O4/c1-9(16-4-2-3-5-16)7-14-12-6-10(13(18)19)11(8-15-12)17(20)21/h6,8-9H,2-5,7H2,1H3,(H,14,15)(H,18,19). The van der Waals surface area contributed by atoms with E-state index in [4.69, 9.17) is 5.11 Å². The van der Waals surface area contributed by atoms with E-state index in [0.717, 1.165) is 19.3 Å². The van der Waals surface area contributed by atoms with Crippen molar-refractivity contribution in [3.8, 4) is 0 Å². The maximum Gasteiger partial charge on any atom is 0.342 e. The second-order valence-electron chi connectivity index (χ2n) is 5.12. The summed E-state index contributed by atoms with van der Waals surface area (Å²) >= 11 is 0.